The Morgan fingerprint density at radius 3 is 0.479 bits per heavy atom. The molecule has 0 heterocycles. The third-order valence-electron chi connectivity index (χ3n) is 11.3. The van der Waals surface area contributed by atoms with E-state index in [0.29, 0.717) is 52.9 Å². The van der Waals surface area contributed by atoms with Crippen molar-refractivity contribution < 1.29 is 118 Å². The van der Waals surface area contributed by atoms with Gasteiger partial charge < -0.3 is 96.4 Å². The van der Waals surface area contributed by atoms with E-state index in [1.54, 1.807) is 0 Å². The monoisotopic (exact) mass is 1090 g/mol. The summed E-state index contributed by atoms with van der Waals surface area (Å²) in [5.74, 6) is -5.32. The minimum Gasteiger partial charge on any atom is -0.547 e. The number of carbonyl (C=O) groups is 4. The topological polar surface area (TPSA) is 271 Å². The number of hydrogen-bond donors (Lipinski definition) is 0. The summed E-state index contributed by atoms with van der Waals surface area (Å²) in [5.41, 5.74) is -6.33. The number of rotatable bonds is 44. The van der Waals surface area contributed by atoms with Gasteiger partial charge in [0, 0.05) is 81.3 Å². The Balaban J connectivity index is -0.000000280. The van der Waals surface area contributed by atoms with Crippen molar-refractivity contribution in [1.29, 1.82) is 0 Å². The fourth-order valence-electron chi connectivity index (χ4n) is 5.25. The van der Waals surface area contributed by atoms with Crippen LogP contribution in [0.25, 0.3) is 0 Å². The van der Waals surface area contributed by atoms with Gasteiger partial charge >= 0.3 is 21.7 Å². The van der Waals surface area contributed by atoms with Crippen molar-refractivity contribution in [2.45, 2.75) is 233 Å². The van der Waals surface area contributed by atoms with E-state index in [2.05, 4.69) is 0 Å². The van der Waals surface area contributed by atoms with Crippen LogP contribution in [0, 0.1) is 0 Å². The molecule has 21 heteroatoms. The molecule has 0 aromatic rings. The molecule has 0 aromatic heterocycles. The summed E-state index contributed by atoms with van der Waals surface area (Å²) in [4.78, 5) is 44.7. The molecular weight excluding hydrogens is 992 g/mol. The van der Waals surface area contributed by atoms with Gasteiger partial charge in [0.05, 0.1) is 23.9 Å². The Morgan fingerprint density at radius 2 is 0.411 bits per heavy atom. The molecule has 0 spiro atoms. The first-order chi connectivity index (χ1) is 34.1. The largest absolute Gasteiger partial charge is 4.00 e. The summed E-state index contributed by atoms with van der Waals surface area (Å²) in [6.07, 6.45) is 10.8. The number of carboxylic acids is 4. The van der Waals surface area contributed by atoms with Crippen LogP contribution < -0.4 is 20.4 Å². The van der Waals surface area contributed by atoms with E-state index in [9.17, 15) is 39.6 Å². The fraction of sp³-hybridized carbons (Fsp3) is 0.923. The second-order valence-electron chi connectivity index (χ2n) is 17.5. The van der Waals surface area contributed by atoms with Crippen LogP contribution in [0.15, 0.2) is 0 Å². The molecule has 432 valence electrons. The molecule has 4 unspecified atom stereocenters. The zero-order valence-corrected chi connectivity index (χ0v) is 49.5. The van der Waals surface area contributed by atoms with Gasteiger partial charge in [0.15, 0.2) is 47.6 Å². The summed E-state index contributed by atoms with van der Waals surface area (Å²) in [5, 5.41) is 44.7. The van der Waals surface area contributed by atoms with E-state index < -0.39 is 71.4 Å². The van der Waals surface area contributed by atoms with E-state index in [-0.39, 0.29) is 21.7 Å². The number of aliphatic carboxylic acids is 4. The van der Waals surface area contributed by atoms with Gasteiger partial charge in [-0.2, -0.15) is 0 Å². The Labute approximate surface area is 455 Å². The average Bonchev–Trinajstić information content (AvgIpc) is 3.36. The molecule has 0 saturated carbocycles. The standard InChI is InChI=1S/4C13H26O5.Ti/c4*1-5-7-9-17-12(18-10-8-6-2)13(3,16-4)11(14)15;/h4*12H,5-10H2,1-4H3,(H,14,15);/q;;;;+4/p-4. The molecule has 0 aromatic carbocycles. The minimum absolute atomic E-state index is 0. The molecule has 0 aliphatic rings. The number of carboxylic acid groups (broad SMARTS) is 4. The van der Waals surface area contributed by atoms with Gasteiger partial charge in [-0.25, -0.2) is 0 Å². The van der Waals surface area contributed by atoms with Crippen molar-refractivity contribution in [3.8, 4) is 0 Å². The molecule has 73 heavy (non-hydrogen) atoms. The molecule has 0 aliphatic heterocycles. The first kappa shape index (κ1) is 80.0. The maximum absolute atomic E-state index is 11.2. The SMILES string of the molecule is CCCCOC(OCCCC)C(C)(OC)C(=O)[O-].CCCCOC(OCCCC)C(C)(OC)C(=O)[O-].CCCCOC(OCCCC)C(C)(OC)C(=O)[O-].CCCCOC(OCCCC)C(C)(OC)C(=O)[O-].[Ti+4]. The molecule has 20 nitrogen and oxygen atoms in total. The third-order valence-corrected chi connectivity index (χ3v) is 11.3. The number of hydrogen-bond acceptors (Lipinski definition) is 20. The minimum atomic E-state index is -1.58. The van der Waals surface area contributed by atoms with Crippen molar-refractivity contribution in [3.63, 3.8) is 0 Å². The second-order valence-corrected chi connectivity index (χ2v) is 17.5. The first-order valence-corrected chi connectivity index (χ1v) is 26.1. The van der Waals surface area contributed by atoms with Gasteiger partial charge in [0.25, 0.3) is 0 Å². The number of carbonyl (C=O) groups excluding carboxylic acids is 4. The summed E-state index contributed by atoms with van der Waals surface area (Å²) >= 11 is 0. The third kappa shape index (κ3) is 33.8. The van der Waals surface area contributed by atoms with Gasteiger partial charge in [0.2, 0.25) is 0 Å². The molecule has 0 amide bonds. The quantitative estimate of drug-likeness (QED) is 0.0464. The summed E-state index contributed by atoms with van der Waals surface area (Å²) < 4.78 is 63.9. The predicted molar refractivity (Wildman–Crippen MR) is 264 cm³/mol. The van der Waals surface area contributed by atoms with Crippen molar-refractivity contribution in [2.24, 2.45) is 0 Å². The van der Waals surface area contributed by atoms with Gasteiger partial charge in [0.1, 0.15) is 0 Å². The molecule has 0 rings (SSSR count). The normalized spacial score (nSPS) is 14.5. The van der Waals surface area contributed by atoms with Crippen LogP contribution in [0.2, 0.25) is 0 Å². The van der Waals surface area contributed by atoms with Crippen molar-refractivity contribution in [2.75, 3.05) is 81.3 Å². The second kappa shape index (κ2) is 49.7. The Hall–Kier alpha value is -1.89. The molecule has 0 fully saturated rings. The molecule has 0 N–H and O–H groups in total. The molecule has 4 atom stereocenters. The fourth-order valence-corrected chi connectivity index (χ4v) is 5.25. The predicted octanol–water partition coefficient (Wildman–Crippen LogP) is 4.40. The van der Waals surface area contributed by atoms with Crippen LogP contribution in [0.3, 0.4) is 0 Å². The van der Waals surface area contributed by atoms with Gasteiger partial charge in [-0.15, -0.1) is 0 Å². The van der Waals surface area contributed by atoms with E-state index in [4.69, 9.17) is 56.8 Å². The molecule has 0 bridgehead atoms. The van der Waals surface area contributed by atoms with E-state index >= 15 is 0 Å². The first-order valence-electron chi connectivity index (χ1n) is 26.1. The van der Waals surface area contributed by atoms with Crippen LogP contribution in [0.5, 0.6) is 0 Å². The maximum Gasteiger partial charge on any atom is 4.00 e. The smallest absolute Gasteiger partial charge is 0.547 e. The van der Waals surface area contributed by atoms with Crippen molar-refractivity contribution in [3.05, 3.63) is 0 Å². The number of ether oxygens (including phenoxy) is 12. The maximum atomic E-state index is 11.2. The summed E-state index contributed by atoms with van der Waals surface area (Å²) in [7, 11) is 5.26. The van der Waals surface area contributed by atoms with E-state index in [1.807, 2.05) is 55.4 Å². The van der Waals surface area contributed by atoms with Crippen molar-refractivity contribution in [1.82, 2.24) is 0 Å². The Kier molecular flexibility index (Phi) is 54.4. The van der Waals surface area contributed by atoms with Gasteiger partial charge in [-0.3, -0.25) is 0 Å². The zero-order valence-electron chi connectivity index (χ0n) is 47.9. The Bertz CT molecular complexity index is 1090. The molecule has 0 radical (unpaired) electrons. The van der Waals surface area contributed by atoms with E-state index in [1.165, 1.54) is 56.1 Å². The zero-order chi connectivity index (χ0) is 56.1. The van der Waals surface area contributed by atoms with Crippen molar-refractivity contribution >= 4 is 23.9 Å². The molecular formula is C52H100O20Ti. The van der Waals surface area contributed by atoms with Crippen LogP contribution >= 0.6 is 0 Å². The summed E-state index contributed by atoms with van der Waals surface area (Å²) in [6.45, 7) is 25.4. The van der Waals surface area contributed by atoms with Gasteiger partial charge in [-0.05, 0) is 79.1 Å². The average molecular weight is 1090 g/mol. The summed E-state index contributed by atoms with van der Waals surface area (Å²) in [6, 6.07) is 0. The van der Waals surface area contributed by atoms with Crippen LogP contribution in [0.4, 0.5) is 0 Å². The Morgan fingerprint density at radius 1 is 0.301 bits per heavy atom. The van der Waals surface area contributed by atoms with Crippen LogP contribution in [-0.2, 0) is 97.7 Å². The number of unbranched alkanes of at least 4 members (excludes halogenated alkanes) is 8. The van der Waals surface area contributed by atoms with Crippen LogP contribution in [0.1, 0.15) is 186 Å². The molecule has 0 saturated heterocycles. The molecule has 0 aliphatic carbocycles. The van der Waals surface area contributed by atoms with E-state index in [0.717, 1.165) is 103 Å². The number of methoxy groups -OCH3 is 4. The van der Waals surface area contributed by atoms with Gasteiger partial charge in [-0.1, -0.05) is 107 Å². The van der Waals surface area contributed by atoms with Crippen LogP contribution in [-0.4, -0.2) is 153 Å².